The van der Waals surface area contributed by atoms with Crippen molar-refractivity contribution < 1.29 is 4.79 Å². The number of aryl methyl sites for hydroxylation is 3. The molecule has 1 aliphatic rings. The Hall–Kier alpha value is -0.800. The van der Waals surface area contributed by atoms with Crippen LogP contribution in [0.1, 0.15) is 27.0 Å². The molecular weight excluding hydrogens is 230 g/mol. The molecule has 0 aliphatic carbocycles. The zero-order valence-corrected chi connectivity index (χ0v) is 11.5. The summed E-state index contributed by atoms with van der Waals surface area (Å²) in [7, 11) is 0. The maximum atomic E-state index is 12.4. The van der Waals surface area contributed by atoms with E-state index in [1.807, 2.05) is 24.8 Å². The molecule has 17 heavy (non-hydrogen) atoms. The summed E-state index contributed by atoms with van der Waals surface area (Å²) in [6.07, 6.45) is 0. The quantitative estimate of drug-likeness (QED) is 0.817. The van der Waals surface area contributed by atoms with Crippen molar-refractivity contribution in [2.75, 3.05) is 18.1 Å². The van der Waals surface area contributed by atoms with Crippen LogP contribution < -0.4 is 5.32 Å². The smallest absolute Gasteiger partial charge is 0.180 e. The Morgan fingerprint density at radius 1 is 1.24 bits per heavy atom. The molecule has 1 unspecified atom stereocenters. The Bertz CT molecular complexity index is 436. The van der Waals surface area contributed by atoms with E-state index >= 15 is 0 Å². The molecule has 1 atom stereocenters. The van der Waals surface area contributed by atoms with Gasteiger partial charge in [0.2, 0.25) is 0 Å². The van der Waals surface area contributed by atoms with Crippen molar-refractivity contribution in [3.8, 4) is 0 Å². The van der Waals surface area contributed by atoms with Crippen LogP contribution in [0, 0.1) is 20.8 Å². The van der Waals surface area contributed by atoms with Crippen LogP contribution in [0.5, 0.6) is 0 Å². The summed E-state index contributed by atoms with van der Waals surface area (Å²) in [4.78, 5) is 12.4. The molecule has 0 aromatic heterocycles. The molecule has 0 spiro atoms. The van der Waals surface area contributed by atoms with E-state index in [9.17, 15) is 4.79 Å². The van der Waals surface area contributed by atoms with Gasteiger partial charge < -0.3 is 5.32 Å². The number of nitrogens with one attached hydrogen (secondary N) is 1. The summed E-state index contributed by atoms with van der Waals surface area (Å²) in [5.41, 5.74) is 4.43. The highest BCUT2D eigenvalue weighted by Gasteiger charge is 2.23. The van der Waals surface area contributed by atoms with Crippen molar-refractivity contribution in [3.63, 3.8) is 0 Å². The molecule has 1 aliphatic heterocycles. The largest absolute Gasteiger partial charge is 0.306 e. The van der Waals surface area contributed by atoms with Gasteiger partial charge in [0.05, 0.1) is 6.04 Å². The van der Waals surface area contributed by atoms with Gasteiger partial charge in [-0.15, -0.1) is 0 Å². The minimum atomic E-state index is -0.00504. The molecular formula is C14H19NOS. The number of hydrogen-bond donors (Lipinski definition) is 1. The fourth-order valence-electron chi connectivity index (χ4n) is 2.15. The highest BCUT2D eigenvalue weighted by atomic mass is 32.2. The third-order valence-corrected chi connectivity index (χ3v) is 4.41. The predicted octanol–water partition coefficient (Wildman–Crippen LogP) is 2.50. The van der Waals surface area contributed by atoms with E-state index in [2.05, 4.69) is 25.2 Å². The van der Waals surface area contributed by atoms with E-state index in [1.165, 1.54) is 11.1 Å². The number of carbonyl (C=O) groups is 1. The van der Waals surface area contributed by atoms with Gasteiger partial charge in [-0.2, -0.15) is 11.8 Å². The summed E-state index contributed by atoms with van der Waals surface area (Å²) in [5, 5.41) is 3.31. The molecule has 2 nitrogen and oxygen atoms in total. The molecule has 0 saturated carbocycles. The standard InChI is InChI=1S/C14H19NOS/c1-9-6-11(3)12(7-10(9)2)14(16)13-8-17-5-4-15-13/h6-7,13,15H,4-5,8H2,1-3H3. The summed E-state index contributed by atoms with van der Waals surface area (Å²) in [6, 6.07) is 4.14. The lowest BCUT2D eigenvalue weighted by Crippen LogP contribution is -2.43. The highest BCUT2D eigenvalue weighted by Crippen LogP contribution is 2.19. The number of hydrogen-bond acceptors (Lipinski definition) is 3. The first-order chi connectivity index (χ1) is 8.09. The minimum absolute atomic E-state index is 0.00504. The summed E-state index contributed by atoms with van der Waals surface area (Å²) >= 11 is 1.86. The molecule has 3 heteroatoms. The van der Waals surface area contributed by atoms with Crippen LogP contribution in [-0.4, -0.2) is 29.9 Å². The lowest BCUT2D eigenvalue weighted by atomic mass is 9.95. The van der Waals surface area contributed by atoms with Gasteiger partial charge in [0, 0.05) is 23.6 Å². The van der Waals surface area contributed by atoms with Gasteiger partial charge >= 0.3 is 0 Å². The molecule has 1 saturated heterocycles. The second-order valence-corrected chi connectivity index (χ2v) is 5.85. The average molecular weight is 249 g/mol. The Balaban J connectivity index is 2.26. The Kier molecular flexibility index (Phi) is 3.89. The second kappa shape index (κ2) is 5.23. The fraction of sp³-hybridized carbons (Fsp3) is 0.500. The van der Waals surface area contributed by atoms with Gasteiger partial charge in [-0.1, -0.05) is 6.07 Å². The van der Waals surface area contributed by atoms with Crippen molar-refractivity contribution in [3.05, 3.63) is 34.4 Å². The van der Waals surface area contributed by atoms with Gasteiger partial charge in [-0.05, 0) is 43.5 Å². The zero-order valence-electron chi connectivity index (χ0n) is 10.7. The summed E-state index contributed by atoms with van der Waals surface area (Å²) in [6.45, 7) is 7.11. The zero-order chi connectivity index (χ0) is 12.4. The van der Waals surface area contributed by atoms with E-state index in [0.717, 1.165) is 29.2 Å². The first kappa shape index (κ1) is 12.7. The Morgan fingerprint density at radius 2 is 1.94 bits per heavy atom. The molecule has 0 bridgehead atoms. The van der Waals surface area contributed by atoms with Crippen molar-refractivity contribution in [1.29, 1.82) is 0 Å². The Labute approximate surface area is 107 Å². The van der Waals surface area contributed by atoms with Gasteiger partial charge in [0.15, 0.2) is 5.78 Å². The number of benzene rings is 1. The molecule has 1 fully saturated rings. The van der Waals surface area contributed by atoms with Crippen molar-refractivity contribution in [1.82, 2.24) is 5.32 Å². The van der Waals surface area contributed by atoms with E-state index in [4.69, 9.17) is 0 Å². The summed E-state index contributed by atoms with van der Waals surface area (Å²) < 4.78 is 0. The lowest BCUT2D eigenvalue weighted by Gasteiger charge is -2.23. The SMILES string of the molecule is Cc1cc(C)c(C(=O)C2CSCCN2)cc1C. The van der Waals surface area contributed by atoms with Crippen LogP contribution in [0.2, 0.25) is 0 Å². The van der Waals surface area contributed by atoms with Gasteiger partial charge in [0.25, 0.3) is 0 Å². The van der Waals surface area contributed by atoms with Gasteiger partial charge in [0.1, 0.15) is 0 Å². The Morgan fingerprint density at radius 3 is 2.59 bits per heavy atom. The molecule has 92 valence electrons. The monoisotopic (exact) mass is 249 g/mol. The van der Waals surface area contributed by atoms with E-state index in [1.54, 1.807) is 0 Å². The molecule has 1 N–H and O–H groups in total. The first-order valence-electron chi connectivity index (χ1n) is 6.03. The lowest BCUT2D eigenvalue weighted by molar-refractivity contribution is 0.0952. The molecule has 1 aromatic rings. The number of ketones is 1. The van der Waals surface area contributed by atoms with Gasteiger partial charge in [-0.3, -0.25) is 4.79 Å². The summed E-state index contributed by atoms with van der Waals surface area (Å²) in [5.74, 6) is 2.25. The van der Waals surface area contributed by atoms with Crippen LogP contribution in [0.25, 0.3) is 0 Å². The highest BCUT2D eigenvalue weighted by molar-refractivity contribution is 7.99. The van der Waals surface area contributed by atoms with Crippen LogP contribution in [-0.2, 0) is 0 Å². The number of Topliss-reactive ketones (excluding diaryl/α,β-unsaturated/α-hetero) is 1. The number of rotatable bonds is 2. The van der Waals surface area contributed by atoms with Crippen LogP contribution >= 0.6 is 11.8 Å². The molecule has 2 rings (SSSR count). The molecule has 1 heterocycles. The maximum absolute atomic E-state index is 12.4. The third kappa shape index (κ3) is 2.72. The van der Waals surface area contributed by atoms with Crippen LogP contribution in [0.4, 0.5) is 0 Å². The molecule has 0 radical (unpaired) electrons. The topological polar surface area (TPSA) is 29.1 Å². The van der Waals surface area contributed by atoms with Crippen molar-refractivity contribution in [2.24, 2.45) is 0 Å². The van der Waals surface area contributed by atoms with E-state index in [-0.39, 0.29) is 11.8 Å². The molecule has 0 amide bonds. The van der Waals surface area contributed by atoms with Crippen LogP contribution in [0.3, 0.4) is 0 Å². The molecule has 1 aromatic carbocycles. The average Bonchev–Trinajstić information content (AvgIpc) is 2.34. The number of thioether (sulfide) groups is 1. The van der Waals surface area contributed by atoms with Crippen molar-refractivity contribution in [2.45, 2.75) is 26.8 Å². The van der Waals surface area contributed by atoms with E-state index in [0.29, 0.717) is 0 Å². The third-order valence-electron chi connectivity index (χ3n) is 3.34. The van der Waals surface area contributed by atoms with Gasteiger partial charge in [-0.25, -0.2) is 0 Å². The first-order valence-corrected chi connectivity index (χ1v) is 7.18. The maximum Gasteiger partial charge on any atom is 0.180 e. The van der Waals surface area contributed by atoms with Crippen LogP contribution in [0.15, 0.2) is 12.1 Å². The number of carbonyl (C=O) groups excluding carboxylic acids is 1. The fourth-order valence-corrected chi connectivity index (χ4v) is 3.08. The normalized spacial score (nSPS) is 20.3. The van der Waals surface area contributed by atoms with E-state index < -0.39 is 0 Å². The van der Waals surface area contributed by atoms with Crippen molar-refractivity contribution >= 4 is 17.5 Å². The second-order valence-electron chi connectivity index (χ2n) is 4.70. The predicted molar refractivity (Wildman–Crippen MR) is 74.1 cm³/mol. The minimum Gasteiger partial charge on any atom is -0.306 e.